The van der Waals surface area contributed by atoms with Gasteiger partial charge < -0.3 is 5.73 Å². The van der Waals surface area contributed by atoms with Crippen LogP contribution in [0.2, 0.25) is 0 Å². The quantitative estimate of drug-likeness (QED) is 0.668. The summed E-state index contributed by atoms with van der Waals surface area (Å²) in [6.07, 6.45) is 0. The first-order valence-corrected chi connectivity index (χ1v) is 7.07. The van der Waals surface area contributed by atoms with Gasteiger partial charge in [-0.2, -0.15) is 0 Å². The van der Waals surface area contributed by atoms with Gasteiger partial charge in [0.2, 0.25) is 0 Å². The summed E-state index contributed by atoms with van der Waals surface area (Å²) >= 11 is 1.73. The van der Waals surface area contributed by atoms with E-state index in [4.69, 9.17) is 5.73 Å². The first kappa shape index (κ1) is 12.1. The van der Waals surface area contributed by atoms with E-state index in [0.29, 0.717) is 0 Å². The standard InChI is InChI=1S/C17H15NS/c1-12-5-4-8-16(18)17(12)19-15-10-9-13-6-2-3-7-14(13)11-15/h2-11H,18H2,1H3. The second kappa shape index (κ2) is 4.98. The van der Waals surface area contributed by atoms with Crippen molar-refractivity contribution in [2.75, 3.05) is 5.73 Å². The van der Waals surface area contributed by atoms with Crippen molar-refractivity contribution in [3.05, 3.63) is 66.2 Å². The van der Waals surface area contributed by atoms with Crippen LogP contribution in [0.15, 0.2) is 70.5 Å². The van der Waals surface area contributed by atoms with Crippen LogP contribution >= 0.6 is 11.8 Å². The Morgan fingerprint density at radius 2 is 1.63 bits per heavy atom. The second-order valence-corrected chi connectivity index (χ2v) is 5.69. The number of nitrogen functional groups attached to an aromatic ring is 1. The molecular formula is C17H15NS. The Morgan fingerprint density at radius 1 is 0.842 bits per heavy atom. The van der Waals surface area contributed by atoms with Crippen molar-refractivity contribution >= 4 is 28.2 Å². The fourth-order valence-electron chi connectivity index (χ4n) is 2.16. The zero-order valence-corrected chi connectivity index (χ0v) is 11.6. The van der Waals surface area contributed by atoms with Crippen molar-refractivity contribution in [3.8, 4) is 0 Å². The van der Waals surface area contributed by atoms with Crippen LogP contribution < -0.4 is 5.73 Å². The van der Waals surface area contributed by atoms with Gasteiger partial charge in [-0.15, -0.1) is 0 Å². The average molecular weight is 265 g/mol. The molecule has 0 heterocycles. The minimum Gasteiger partial charge on any atom is -0.398 e. The number of hydrogen-bond donors (Lipinski definition) is 1. The number of rotatable bonds is 2. The summed E-state index contributed by atoms with van der Waals surface area (Å²) in [5.74, 6) is 0. The van der Waals surface area contributed by atoms with E-state index >= 15 is 0 Å². The van der Waals surface area contributed by atoms with Crippen LogP contribution in [0, 0.1) is 6.92 Å². The van der Waals surface area contributed by atoms with Gasteiger partial charge in [-0.05, 0) is 41.5 Å². The summed E-state index contributed by atoms with van der Waals surface area (Å²) in [5.41, 5.74) is 8.13. The summed E-state index contributed by atoms with van der Waals surface area (Å²) < 4.78 is 0. The van der Waals surface area contributed by atoms with E-state index in [9.17, 15) is 0 Å². The van der Waals surface area contributed by atoms with Gasteiger partial charge in [0.15, 0.2) is 0 Å². The molecule has 1 nitrogen and oxygen atoms in total. The maximum atomic E-state index is 6.06. The van der Waals surface area contributed by atoms with Crippen molar-refractivity contribution in [3.63, 3.8) is 0 Å². The van der Waals surface area contributed by atoms with Crippen LogP contribution in [-0.2, 0) is 0 Å². The number of aryl methyl sites for hydroxylation is 1. The maximum Gasteiger partial charge on any atom is 0.0458 e. The highest BCUT2D eigenvalue weighted by molar-refractivity contribution is 7.99. The predicted molar refractivity (Wildman–Crippen MR) is 83.7 cm³/mol. The number of benzene rings is 3. The Bertz CT molecular complexity index is 714. The molecule has 0 amide bonds. The first-order valence-electron chi connectivity index (χ1n) is 6.26. The fraction of sp³-hybridized carbons (Fsp3) is 0.0588. The summed E-state index contributed by atoms with van der Waals surface area (Å²) in [6, 6.07) is 21.0. The molecule has 0 aliphatic rings. The van der Waals surface area contributed by atoms with Gasteiger partial charge in [0.25, 0.3) is 0 Å². The smallest absolute Gasteiger partial charge is 0.0458 e. The lowest BCUT2D eigenvalue weighted by molar-refractivity contribution is 1.30. The van der Waals surface area contributed by atoms with Gasteiger partial charge in [0.1, 0.15) is 0 Å². The summed E-state index contributed by atoms with van der Waals surface area (Å²) in [4.78, 5) is 2.37. The largest absolute Gasteiger partial charge is 0.398 e. The van der Waals surface area contributed by atoms with Crippen LogP contribution in [0.5, 0.6) is 0 Å². The molecule has 2 heteroatoms. The normalized spacial score (nSPS) is 10.8. The first-order chi connectivity index (χ1) is 9.24. The van der Waals surface area contributed by atoms with E-state index in [-0.39, 0.29) is 0 Å². The molecule has 3 aromatic carbocycles. The topological polar surface area (TPSA) is 26.0 Å². The van der Waals surface area contributed by atoms with Crippen LogP contribution in [0.3, 0.4) is 0 Å². The molecule has 0 aliphatic heterocycles. The van der Waals surface area contributed by atoms with E-state index in [1.54, 1.807) is 11.8 Å². The lowest BCUT2D eigenvalue weighted by atomic mass is 10.1. The molecule has 0 spiro atoms. The van der Waals surface area contributed by atoms with Gasteiger partial charge in [-0.25, -0.2) is 0 Å². The molecule has 0 saturated carbocycles. The average Bonchev–Trinajstić information content (AvgIpc) is 2.43. The van der Waals surface area contributed by atoms with Crippen molar-refractivity contribution in [1.82, 2.24) is 0 Å². The summed E-state index contributed by atoms with van der Waals surface area (Å²) in [6.45, 7) is 2.10. The minimum absolute atomic E-state index is 0.846. The molecule has 0 fully saturated rings. The molecule has 0 atom stereocenters. The van der Waals surface area contributed by atoms with E-state index in [1.807, 2.05) is 12.1 Å². The second-order valence-electron chi connectivity index (χ2n) is 4.60. The van der Waals surface area contributed by atoms with E-state index in [0.717, 1.165) is 10.6 Å². The van der Waals surface area contributed by atoms with Crippen LogP contribution in [0.4, 0.5) is 5.69 Å². The Hall–Kier alpha value is -1.93. The monoisotopic (exact) mass is 265 g/mol. The zero-order chi connectivity index (χ0) is 13.2. The van der Waals surface area contributed by atoms with Crippen molar-refractivity contribution in [2.45, 2.75) is 16.7 Å². The molecule has 3 aromatic rings. The maximum absolute atomic E-state index is 6.06. The highest BCUT2D eigenvalue weighted by atomic mass is 32.2. The predicted octanol–water partition coefficient (Wildman–Crippen LogP) is 4.88. The van der Waals surface area contributed by atoms with Crippen molar-refractivity contribution in [1.29, 1.82) is 0 Å². The van der Waals surface area contributed by atoms with E-state index in [2.05, 4.69) is 55.5 Å². The number of nitrogens with two attached hydrogens (primary N) is 1. The van der Waals surface area contributed by atoms with E-state index in [1.165, 1.54) is 21.2 Å². The van der Waals surface area contributed by atoms with Crippen LogP contribution in [0.1, 0.15) is 5.56 Å². The number of fused-ring (bicyclic) bond motifs is 1. The van der Waals surface area contributed by atoms with E-state index < -0.39 is 0 Å². The Morgan fingerprint density at radius 3 is 2.42 bits per heavy atom. The highest BCUT2D eigenvalue weighted by Gasteiger charge is 2.05. The molecule has 0 saturated heterocycles. The minimum atomic E-state index is 0.846. The van der Waals surface area contributed by atoms with Crippen molar-refractivity contribution < 1.29 is 0 Å². The van der Waals surface area contributed by atoms with Crippen LogP contribution in [-0.4, -0.2) is 0 Å². The third-order valence-corrected chi connectivity index (χ3v) is 4.43. The molecule has 19 heavy (non-hydrogen) atoms. The molecule has 0 unspecified atom stereocenters. The molecule has 0 aromatic heterocycles. The fourth-order valence-corrected chi connectivity index (χ4v) is 3.14. The molecule has 0 radical (unpaired) electrons. The van der Waals surface area contributed by atoms with Crippen LogP contribution in [0.25, 0.3) is 10.8 Å². The van der Waals surface area contributed by atoms with Gasteiger partial charge in [-0.3, -0.25) is 0 Å². The molecule has 2 N–H and O–H groups in total. The zero-order valence-electron chi connectivity index (χ0n) is 10.8. The molecular weight excluding hydrogens is 250 g/mol. The summed E-state index contributed by atoms with van der Waals surface area (Å²) in [5, 5.41) is 2.53. The summed E-state index contributed by atoms with van der Waals surface area (Å²) in [7, 11) is 0. The number of anilines is 1. The Kier molecular flexibility index (Phi) is 3.18. The molecule has 0 bridgehead atoms. The Labute approximate surface area is 117 Å². The lowest BCUT2D eigenvalue weighted by Gasteiger charge is -2.09. The SMILES string of the molecule is Cc1cccc(N)c1Sc1ccc2ccccc2c1. The number of hydrogen-bond acceptors (Lipinski definition) is 2. The molecule has 94 valence electrons. The Balaban J connectivity index is 2.01. The van der Waals surface area contributed by atoms with Gasteiger partial charge in [-0.1, -0.05) is 54.2 Å². The lowest BCUT2D eigenvalue weighted by Crippen LogP contribution is -1.90. The van der Waals surface area contributed by atoms with Crippen molar-refractivity contribution in [2.24, 2.45) is 0 Å². The third-order valence-electron chi connectivity index (χ3n) is 3.18. The molecule has 0 aliphatic carbocycles. The van der Waals surface area contributed by atoms with Gasteiger partial charge >= 0.3 is 0 Å². The van der Waals surface area contributed by atoms with Gasteiger partial charge in [0.05, 0.1) is 0 Å². The highest BCUT2D eigenvalue weighted by Crippen LogP contribution is 2.35. The van der Waals surface area contributed by atoms with Gasteiger partial charge in [0, 0.05) is 15.5 Å². The third kappa shape index (κ3) is 2.45. The molecule has 3 rings (SSSR count).